The zero-order valence-electron chi connectivity index (χ0n) is 14.9. The van der Waals surface area contributed by atoms with Crippen molar-refractivity contribution in [2.24, 2.45) is 0 Å². The van der Waals surface area contributed by atoms with Crippen molar-refractivity contribution in [1.82, 2.24) is 19.2 Å². The maximum absolute atomic E-state index is 14.3. The molecule has 0 spiro atoms. The van der Waals surface area contributed by atoms with Gasteiger partial charge >= 0.3 is 0 Å². The lowest BCUT2D eigenvalue weighted by Crippen LogP contribution is -2.47. The molecular weight excluding hydrogens is 331 g/mol. The summed E-state index contributed by atoms with van der Waals surface area (Å²) in [6.07, 6.45) is 3.66. The minimum atomic E-state index is -0.354. The summed E-state index contributed by atoms with van der Waals surface area (Å²) < 4.78 is 16.0. The summed E-state index contributed by atoms with van der Waals surface area (Å²) in [5.41, 5.74) is 3.39. The van der Waals surface area contributed by atoms with Gasteiger partial charge in [-0.05, 0) is 37.7 Å². The van der Waals surface area contributed by atoms with E-state index in [-0.39, 0.29) is 11.7 Å². The highest BCUT2D eigenvalue weighted by molar-refractivity contribution is 5.94. The summed E-state index contributed by atoms with van der Waals surface area (Å²) in [7, 11) is 2.06. The van der Waals surface area contributed by atoms with Crippen LogP contribution in [0.2, 0.25) is 0 Å². The van der Waals surface area contributed by atoms with Gasteiger partial charge in [0.15, 0.2) is 11.5 Å². The number of aryl methyl sites for hydroxylation is 1. The first-order valence-corrected chi connectivity index (χ1v) is 8.74. The Bertz CT molecular complexity index is 956. The van der Waals surface area contributed by atoms with E-state index in [0.717, 1.165) is 43.0 Å². The first-order valence-electron chi connectivity index (χ1n) is 8.74. The molecule has 1 aromatic carbocycles. The number of carbonyl (C=O) groups is 1. The Labute approximate surface area is 151 Å². The van der Waals surface area contributed by atoms with Crippen molar-refractivity contribution in [2.75, 3.05) is 33.2 Å². The smallest absolute Gasteiger partial charge is 0.253 e. The normalized spacial score (nSPS) is 15.6. The summed E-state index contributed by atoms with van der Waals surface area (Å²) in [4.78, 5) is 20.9. The molecule has 1 fully saturated rings. The average molecular weight is 352 g/mol. The van der Waals surface area contributed by atoms with E-state index in [1.165, 1.54) is 6.07 Å². The van der Waals surface area contributed by atoms with Gasteiger partial charge in [-0.3, -0.25) is 4.79 Å². The van der Waals surface area contributed by atoms with Crippen LogP contribution in [0.5, 0.6) is 0 Å². The largest absolute Gasteiger partial charge is 0.336 e. The molecule has 2 aromatic heterocycles. The maximum atomic E-state index is 14.3. The van der Waals surface area contributed by atoms with Gasteiger partial charge < -0.3 is 14.2 Å². The Morgan fingerprint density at radius 2 is 1.73 bits per heavy atom. The van der Waals surface area contributed by atoms with Crippen LogP contribution in [0.3, 0.4) is 0 Å². The average Bonchev–Trinajstić information content (AvgIpc) is 3.03. The standard InChI is InChI=1S/C20H21FN4O/c1-14-12-25-13-17(11-18(21)19(25)22-14)15-3-5-16(6-4-15)20(26)24-9-7-23(2)8-10-24/h3-6,11-13H,7-10H2,1-2H3. The quantitative estimate of drug-likeness (QED) is 0.712. The summed E-state index contributed by atoms with van der Waals surface area (Å²) in [6.45, 7) is 5.13. The number of piperazine rings is 1. The lowest BCUT2D eigenvalue weighted by molar-refractivity contribution is 0.0664. The molecule has 0 unspecified atom stereocenters. The third-order valence-corrected chi connectivity index (χ3v) is 4.88. The predicted molar refractivity (Wildman–Crippen MR) is 98.7 cm³/mol. The Morgan fingerprint density at radius 1 is 1.04 bits per heavy atom. The summed E-state index contributed by atoms with van der Waals surface area (Å²) >= 11 is 0. The predicted octanol–water partition coefficient (Wildman–Crippen LogP) is 2.84. The molecule has 0 aliphatic carbocycles. The van der Waals surface area contributed by atoms with Crippen LogP contribution in [0.15, 0.2) is 42.7 Å². The van der Waals surface area contributed by atoms with Crippen LogP contribution >= 0.6 is 0 Å². The highest BCUT2D eigenvalue weighted by Gasteiger charge is 2.20. The number of benzene rings is 1. The second kappa shape index (κ2) is 6.53. The molecule has 1 aliphatic rings. The fraction of sp³-hybridized carbons (Fsp3) is 0.300. The van der Waals surface area contributed by atoms with E-state index in [2.05, 4.69) is 16.9 Å². The number of hydrogen-bond acceptors (Lipinski definition) is 3. The van der Waals surface area contributed by atoms with Crippen molar-refractivity contribution in [3.8, 4) is 11.1 Å². The van der Waals surface area contributed by atoms with Crippen molar-refractivity contribution in [3.63, 3.8) is 0 Å². The monoisotopic (exact) mass is 352 g/mol. The minimum Gasteiger partial charge on any atom is -0.336 e. The summed E-state index contributed by atoms with van der Waals surface area (Å²) in [5.74, 6) is -0.301. The fourth-order valence-corrected chi connectivity index (χ4v) is 3.33. The number of halogens is 1. The van der Waals surface area contributed by atoms with Crippen LogP contribution in [0.25, 0.3) is 16.8 Å². The van der Waals surface area contributed by atoms with E-state index in [1.807, 2.05) is 42.3 Å². The molecular formula is C20H21FN4O. The first kappa shape index (κ1) is 16.7. The van der Waals surface area contributed by atoms with Gasteiger partial charge in [-0.1, -0.05) is 12.1 Å². The van der Waals surface area contributed by atoms with E-state index in [1.54, 1.807) is 10.6 Å². The molecule has 5 nitrogen and oxygen atoms in total. The number of imidazole rings is 1. The number of carbonyl (C=O) groups excluding carboxylic acids is 1. The topological polar surface area (TPSA) is 40.9 Å². The molecule has 3 heterocycles. The maximum Gasteiger partial charge on any atom is 0.253 e. The molecule has 0 N–H and O–H groups in total. The second-order valence-electron chi connectivity index (χ2n) is 6.86. The molecule has 26 heavy (non-hydrogen) atoms. The van der Waals surface area contributed by atoms with Crippen molar-refractivity contribution in [2.45, 2.75) is 6.92 Å². The van der Waals surface area contributed by atoms with Crippen molar-refractivity contribution < 1.29 is 9.18 Å². The Morgan fingerprint density at radius 3 is 2.42 bits per heavy atom. The van der Waals surface area contributed by atoms with Gasteiger partial charge in [0.1, 0.15) is 0 Å². The third-order valence-electron chi connectivity index (χ3n) is 4.88. The number of likely N-dealkylation sites (N-methyl/N-ethyl adjacent to an activating group) is 1. The number of hydrogen-bond donors (Lipinski definition) is 0. The molecule has 1 amide bonds. The summed E-state index contributed by atoms with van der Waals surface area (Å²) in [5, 5.41) is 0. The van der Waals surface area contributed by atoms with Crippen LogP contribution in [-0.2, 0) is 0 Å². The highest BCUT2D eigenvalue weighted by Crippen LogP contribution is 2.23. The van der Waals surface area contributed by atoms with Crippen molar-refractivity contribution in [3.05, 3.63) is 59.8 Å². The van der Waals surface area contributed by atoms with Gasteiger partial charge in [0, 0.05) is 49.7 Å². The van der Waals surface area contributed by atoms with E-state index in [0.29, 0.717) is 11.2 Å². The van der Waals surface area contributed by atoms with E-state index in [9.17, 15) is 9.18 Å². The minimum absolute atomic E-state index is 0.0523. The number of amides is 1. The Balaban J connectivity index is 1.59. The fourth-order valence-electron chi connectivity index (χ4n) is 3.33. The highest BCUT2D eigenvalue weighted by atomic mass is 19.1. The lowest BCUT2D eigenvalue weighted by Gasteiger charge is -2.32. The van der Waals surface area contributed by atoms with Crippen LogP contribution in [-0.4, -0.2) is 58.3 Å². The molecule has 6 heteroatoms. The molecule has 1 aliphatic heterocycles. The molecule has 0 atom stereocenters. The van der Waals surface area contributed by atoms with Crippen molar-refractivity contribution >= 4 is 11.6 Å². The molecule has 0 bridgehead atoms. The molecule has 0 radical (unpaired) electrons. The number of nitrogens with zero attached hydrogens (tertiary/aromatic N) is 4. The van der Waals surface area contributed by atoms with Gasteiger partial charge in [0.05, 0.1) is 5.69 Å². The van der Waals surface area contributed by atoms with Crippen LogP contribution in [0.1, 0.15) is 16.1 Å². The van der Waals surface area contributed by atoms with E-state index in [4.69, 9.17) is 0 Å². The molecule has 3 aromatic rings. The van der Waals surface area contributed by atoms with Gasteiger partial charge in [0.2, 0.25) is 0 Å². The Hall–Kier alpha value is -2.73. The van der Waals surface area contributed by atoms with Crippen molar-refractivity contribution in [1.29, 1.82) is 0 Å². The SMILES string of the molecule is Cc1cn2cc(-c3ccc(C(=O)N4CCN(C)CC4)cc3)cc(F)c2n1. The number of pyridine rings is 1. The van der Waals surface area contributed by atoms with Crippen LogP contribution < -0.4 is 0 Å². The number of fused-ring (bicyclic) bond motifs is 1. The van der Waals surface area contributed by atoms with Gasteiger partial charge in [-0.2, -0.15) is 0 Å². The zero-order valence-corrected chi connectivity index (χ0v) is 14.9. The first-order chi connectivity index (χ1) is 12.5. The van der Waals surface area contributed by atoms with Gasteiger partial charge in [0.25, 0.3) is 5.91 Å². The lowest BCUT2D eigenvalue weighted by atomic mass is 10.0. The number of aromatic nitrogens is 2. The van der Waals surface area contributed by atoms with E-state index < -0.39 is 0 Å². The zero-order chi connectivity index (χ0) is 18.3. The third kappa shape index (κ3) is 3.08. The Kier molecular flexibility index (Phi) is 4.20. The second-order valence-corrected chi connectivity index (χ2v) is 6.86. The van der Waals surface area contributed by atoms with Gasteiger partial charge in [-0.15, -0.1) is 0 Å². The van der Waals surface area contributed by atoms with Gasteiger partial charge in [-0.25, -0.2) is 9.37 Å². The molecule has 1 saturated heterocycles. The van der Waals surface area contributed by atoms with E-state index >= 15 is 0 Å². The summed E-state index contributed by atoms with van der Waals surface area (Å²) in [6, 6.07) is 8.86. The van der Waals surface area contributed by atoms with Crippen LogP contribution in [0.4, 0.5) is 4.39 Å². The molecule has 0 saturated carbocycles. The number of rotatable bonds is 2. The molecule has 134 valence electrons. The molecule has 4 rings (SSSR count). The van der Waals surface area contributed by atoms with Crippen LogP contribution in [0, 0.1) is 12.7 Å².